The van der Waals surface area contributed by atoms with Crippen molar-refractivity contribution in [1.82, 2.24) is 14.6 Å². The van der Waals surface area contributed by atoms with E-state index in [0.29, 0.717) is 49.7 Å². The zero-order chi connectivity index (χ0) is 42.5. The Morgan fingerprint density at radius 2 is 1.80 bits per heavy atom. The van der Waals surface area contributed by atoms with Crippen LogP contribution in [-0.2, 0) is 21.2 Å². The number of hydrogen-bond acceptors (Lipinski definition) is 11. The summed E-state index contributed by atoms with van der Waals surface area (Å²) in [4.78, 5) is 34.2. The van der Waals surface area contributed by atoms with Gasteiger partial charge in [-0.25, -0.2) is 13.1 Å². The summed E-state index contributed by atoms with van der Waals surface area (Å²) in [5, 5.41) is 15.9. The molecule has 9 rings (SSSR count). The molecule has 2 N–H and O–H groups in total. The first-order valence-electron chi connectivity index (χ1n) is 20.9. The molecule has 3 aromatic carbocycles. The standard InChI is InChI=1S/C46H49ClN6O7S/c1-46(2)15-14-31(37(23-46)29-6-8-32(47)9-7-29)26-51-16-18-52(19-17-51)33-10-12-36(44(21-33)60-34-20-30-4-3-5-41(30)48-24-34)45(54)50-61(57,58)35-11-13-42(43(22-35)53(55)56)49-25-38-39-27-59-28-40(38)39/h3-4,6-13,20-22,24,38-40,49H,5,14-19,23,25-28H2,1-2H3,(H,50,54)/t38?,39-,40+. The normalized spacial score (nSPS) is 21.8. The Morgan fingerprint density at radius 1 is 1.03 bits per heavy atom. The van der Waals surface area contributed by atoms with Crippen LogP contribution in [0.25, 0.3) is 11.6 Å². The summed E-state index contributed by atoms with van der Waals surface area (Å²) in [7, 11) is -4.54. The molecule has 318 valence electrons. The van der Waals surface area contributed by atoms with E-state index in [1.807, 2.05) is 30.4 Å². The molecule has 1 aromatic heterocycles. The smallest absolute Gasteiger partial charge is 0.293 e. The third-order valence-corrected chi connectivity index (χ3v) is 14.5. The van der Waals surface area contributed by atoms with Crippen LogP contribution in [0.4, 0.5) is 17.1 Å². The first kappa shape index (κ1) is 41.1. The maximum absolute atomic E-state index is 13.9. The topological polar surface area (TPSA) is 156 Å². The fourth-order valence-electron chi connectivity index (χ4n) is 9.27. The number of nitro groups is 1. The molecule has 3 aliphatic carbocycles. The molecule has 13 nitrogen and oxygen atoms in total. The quantitative estimate of drug-likeness (QED) is 0.0987. The minimum absolute atomic E-state index is 0.0179. The van der Waals surface area contributed by atoms with Crippen LogP contribution in [-0.4, -0.2) is 81.6 Å². The predicted octanol–water partition coefficient (Wildman–Crippen LogP) is 8.21. The van der Waals surface area contributed by atoms with Crippen LogP contribution in [0.15, 0.2) is 89.5 Å². The lowest BCUT2D eigenvalue weighted by molar-refractivity contribution is -0.384. The van der Waals surface area contributed by atoms with E-state index in [1.165, 1.54) is 28.8 Å². The molecule has 3 heterocycles. The minimum atomic E-state index is -4.54. The summed E-state index contributed by atoms with van der Waals surface area (Å²) in [6.07, 6.45) is 9.48. The molecule has 1 unspecified atom stereocenters. The summed E-state index contributed by atoms with van der Waals surface area (Å²) in [6, 6.07) is 18.7. The number of sulfonamides is 1. The van der Waals surface area contributed by atoms with Gasteiger partial charge in [0.05, 0.1) is 40.5 Å². The van der Waals surface area contributed by atoms with E-state index in [0.717, 1.165) is 80.0 Å². The molecule has 2 saturated heterocycles. The number of amides is 1. The second-order valence-corrected chi connectivity index (χ2v) is 19.7. The molecule has 3 atom stereocenters. The van der Waals surface area contributed by atoms with E-state index in [-0.39, 0.29) is 22.4 Å². The molecule has 2 aliphatic heterocycles. The molecule has 3 fully saturated rings. The molecule has 0 bridgehead atoms. The summed E-state index contributed by atoms with van der Waals surface area (Å²) in [5.41, 5.74) is 6.79. The van der Waals surface area contributed by atoms with Gasteiger partial charge < -0.3 is 19.7 Å². The van der Waals surface area contributed by atoms with Gasteiger partial charge in [-0.1, -0.05) is 55.3 Å². The number of rotatable bonds is 13. The van der Waals surface area contributed by atoms with Gasteiger partial charge in [0.2, 0.25) is 0 Å². The highest BCUT2D eigenvalue weighted by atomic mass is 35.5. The monoisotopic (exact) mass is 864 g/mol. The molecule has 1 amide bonds. The van der Waals surface area contributed by atoms with Gasteiger partial charge in [0, 0.05) is 68.5 Å². The molecular weight excluding hydrogens is 816 g/mol. The van der Waals surface area contributed by atoms with Crippen LogP contribution < -0.4 is 19.7 Å². The molecule has 4 aromatic rings. The van der Waals surface area contributed by atoms with Crippen LogP contribution in [0.5, 0.6) is 11.5 Å². The van der Waals surface area contributed by atoms with Crippen LogP contribution in [0.2, 0.25) is 5.02 Å². The molecule has 61 heavy (non-hydrogen) atoms. The highest BCUT2D eigenvalue weighted by molar-refractivity contribution is 7.90. The Hall–Kier alpha value is -5.28. The number of pyridine rings is 1. The number of allylic oxidation sites excluding steroid dienone is 2. The van der Waals surface area contributed by atoms with Crippen molar-refractivity contribution in [1.29, 1.82) is 0 Å². The van der Waals surface area contributed by atoms with E-state index < -0.39 is 31.4 Å². The van der Waals surface area contributed by atoms with Gasteiger partial charge in [-0.05, 0) is 102 Å². The van der Waals surface area contributed by atoms with Crippen LogP contribution in [0.1, 0.15) is 60.3 Å². The minimum Gasteiger partial charge on any atom is -0.455 e. The SMILES string of the molecule is CC1(C)CCC(CN2CCN(c3ccc(C(=O)NS(=O)(=O)c4ccc(NCC5[C@H]6COC[C@@H]56)c([N+](=O)[O-])c4)c(Oc4cnc5c(c4)C=CC5)c3)CC2)=C(c2ccc(Cl)cc2)C1. The van der Waals surface area contributed by atoms with Crippen molar-refractivity contribution >= 4 is 56.2 Å². The summed E-state index contributed by atoms with van der Waals surface area (Å²) in [5.74, 6) is 0.865. The second-order valence-electron chi connectivity index (χ2n) is 17.6. The van der Waals surface area contributed by atoms with E-state index in [2.05, 4.69) is 50.8 Å². The zero-order valence-corrected chi connectivity index (χ0v) is 35.8. The highest BCUT2D eigenvalue weighted by Crippen LogP contribution is 2.51. The van der Waals surface area contributed by atoms with Crippen molar-refractivity contribution in [3.63, 3.8) is 0 Å². The number of fused-ring (bicyclic) bond motifs is 2. The van der Waals surface area contributed by atoms with Crippen LogP contribution in [0, 0.1) is 33.3 Å². The number of piperazine rings is 1. The molecule has 15 heteroatoms. The van der Waals surface area contributed by atoms with Crippen LogP contribution in [0.3, 0.4) is 0 Å². The number of anilines is 2. The van der Waals surface area contributed by atoms with Crippen LogP contribution >= 0.6 is 11.6 Å². The number of nitrogens with one attached hydrogen (secondary N) is 2. The lowest BCUT2D eigenvalue weighted by Gasteiger charge is -2.39. The maximum Gasteiger partial charge on any atom is 0.293 e. The van der Waals surface area contributed by atoms with Crippen molar-refractivity contribution in [2.45, 2.75) is 44.4 Å². The average Bonchev–Trinajstić information content (AvgIpc) is 3.52. The lowest BCUT2D eigenvalue weighted by Crippen LogP contribution is -2.47. The molecule has 0 radical (unpaired) electrons. The van der Waals surface area contributed by atoms with Gasteiger partial charge in [0.15, 0.2) is 0 Å². The van der Waals surface area contributed by atoms with Crippen molar-refractivity contribution in [3.8, 4) is 11.5 Å². The Labute approximate surface area is 361 Å². The van der Waals surface area contributed by atoms with E-state index >= 15 is 0 Å². The summed E-state index contributed by atoms with van der Waals surface area (Å²) < 4.78 is 41.3. The number of aromatic nitrogens is 1. The third-order valence-electron chi connectivity index (χ3n) is 12.9. The Bertz CT molecular complexity index is 2540. The largest absolute Gasteiger partial charge is 0.455 e. The van der Waals surface area contributed by atoms with Gasteiger partial charge in [-0.3, -0.25) is 24.8 Å². The summed E-state index contributed by atoms with van der Waals surface area (Å²) >= 11 is 6.24. The van der Waals surface area contributed by atoms with E-state index in [4.69, 9.17) is 21.1 Å². The molecule has 0 spiro atoms. The molecule has 1 saturated carbocycles. The number of benzene rings is 3. The van der Waals surface area contributed by atoms with Crippen molar-refractivity contribution in [3.05, 3.63) is 122 Å². The zero-order valence-electron chi connectivity index (χ0n) is 34.2. The van der Waals surface area contributed by atoms with Gasteiger partial charge >= 0.3 is 0 Å². The van der Waals surface area contributed by atoms with Gasteiger partial charge in [-0.2, -0.15) is 0 Å². The van der Waals surface area contributed by atoms with Gasteiger partial charge in [0.25, 0.3) is 21.6 Å². The average molecular weight is 865 g/mol. The third kappa shape index (κ3) is 8.90. The molecule has 5 aliphatic rings. The fourth-order valence-corrected chi connectivity index (χ4v) is 10.4. The van der Waals surface area contributed by atoms with Gasteiger partial charge in [-0.15, -0.1) is 0 Å². The van der Waals surface area contributed by atoms with Gasteiger partial charge in [0.1, 0.15) is 17.2 Å². The summed E-state index contributed by atoms with van der Waals surface area (Å²) in [6.45, 7) is 10.6. The number of carbonyl (C=O) groups is 1. The fraction of sp³-hybridized carbons (Fsp3) is 0.391. The second kappa shape index (κ2) is 16.5. The number of halogens is 1. The first-order chi connectivity index (χ1) is 29.3. The predicted molar refractivity (Wildman–Crippen MR) is 236 cm³/mol. The Morgan fingerprint density at radius 3 is 2.56 bits per heavy atom. The van der Waals surface area contributed by atoms with E-state index in [9.17, 15) is 23.3 Å². The number of ether oxygens (including phenoxy) is 2. The lowest BCUT2D eigenvalue weighted by atomic mass is 9.72. The highest BCUT2D eigenvalue weighted by Gasteiger charge is 2.53. The first-order valence-corrected chi connectivity index (χ1v) is 22.8. The molecular formula is C46H49ClN6O7S. The number of nitro benzene ring substituents is 1. The van der Waals surface area contributed by atoms with Crippen molar-refractivity contribution < 1.29 is 27.6 Å². The number of carbonyl (C=O) groups excluding carboxylic acids is 1. The van der Waals surface area contributed by atoms with Crippen molar-refractivity contribution in [2.75, 3.05) is 62.7 Å². The van der Waals surface area contributed by atoms with Crippen molar-refractivity contribution in [2.24, 2.45) is 23.2 Å². The number of nitrogens with zero attached hydrogens (tertiary/aromatic N) is 4. The Kier molecular flexibility index (Phi) is 11.1. The number of hydrogen-bond donors (Lipinski definition) is 2. The Balaban J connectivity index is 0.923. The maximum atomic E-state index is 13.9. The van der Waals surface area contributed by atoms with E-state index in [1.54, 1.807) is 24.4 Å².